The number of rotatable bonds is 4. The van der Waals surface area contributed by atoms with E-state index in [4.69, 9.17) is 5.73 Å². The van der Waals surface area contributed by atoms with Crippen LogP contribution < -0.4 is 11.1 Å². The minimum Gasteiger partial charge on any atom is -0.368 e. The van der Waals surface area contributed by atoms with E-state index in [0.29, 0.717) is 11.6 Å². The van der Waals surface area contributed by atoms with Gasteiger partial charge in [0.1, 0.15) is 6.04 Å². The van der Waals surface area contributed by atoms with Crippen molar-refractivity contribution in [2.24, 2.45) is 11.7 Å². The Labute approximate surface area is 113 Å². The van der Waals surface area contributed by atoms with E-state index in [2.05, 4.69) is 31.3 Å². The molecule has 1 atom stereocenters. The second kappa shape index (κ2) is 4.93. The number of pyridine rings is 1. The fraction of sp³-hybridized carbons (Fsp3) is 0.364. The maximum absolute atomic E-state index is 11.3. The number of amides is 1. The summed E-state index contributed by atoms with van der Waals surface area (Å²) in [6.07, 6.45) is 1.79. The van der Waals surface area contributed by atoms with Crippen molar-refractivity contribution in [2.75, 3.05) is 5.32 Å². The molecule has 18 heavy (non-hydrogen) atoms. The molecule has 0 saturated heterocycles. The number of nitrogens with one attached hydrogen (secondary N) is 1. The Morgan fingerprint density at radius 2 is 2.22 bits per heavy atom. The summed E-state index contributed by atoms with van der Waals surface area (Å²) in [5, 5.41) is 7.19. The van der Waals surface area contributed by atoms with Crippen LogP contribution in [0.2, 0.25) is 0 Å². The van der Waals surface area contributed by atoms with Crippen molar-refractivity contribution in [2.45, 2.75) is 19.9 Å². The summed E-state index contributed by atoms with van der Waals surface area (Å²) in [4.78, 5) is 15.6. The molecular weight excluding hydrogens is 298 g/mol. The third kappa shape index (κ3) is 2.61. The van der Waals surface area contributed by atoms with Gasteiger partial charge in [0, 0.05) is 10.7 Å². The van der Waals surface area contributed by atoms with E-state index in [1.54, 1.807) is 10.7 Å². The Morgan fingerprint density at radius 1 is 1.50 bits per heavy atom. The van der Waals surface area contributed by atoms with E-state index in [0.717, 1.165) is 4.47 Å². The average molecular weight is 312 g/mol. The molecule has 0 aliphatic rings. The quantitative estimate of drug-likeness (QED) is 0.894. The highest BCUT2D eigenvalue weighted by molar-refractivity contribution is 9.10. The van der Waals surface area contributed by atoms with Crippen LogP contribution in [0.25, 0.3) is 5.65 Å². The van der Waals surface area contributed by atoms with E-state index < -0.39 is 11.9 Å². The first-order chi connectivity index (χ1) is 8.47. The number of halogens is 1. The highest BCUT2D eigenvalue weighted by atomic mass is 79.9. The monoisotopic (exact) mass is 311 g/mol. The summed E-state index contributed by atoms with van der Waals surface area (Å²) < 4.78 is 2.53. The zero-order chi connectivity index (χ0) is 13.3. The van der Waals surface area contributed by atoms with E-state index in [9.17, 15) is 4.79 Å². The van der Waals surface area contributed by atoms with Crippen molar-refractivity contribution in [1.82, 2.24) is 14.6 Å². The van der Waals surface area contributed by atoms with Gasteiger partial charge in [0.15, 0.2) is 5.65 Å². The highest BCUT2D eigenvalue weighted by Crippen LogP contribution is 2.14. The average Bonchev–Trinajstić information content (AvgIpc) is 2.66. The first kappa shape index (κ1) is 12.8. The van der Waals surface area contributed by atoms with Crippen molar-refractivity contribution >= 4 is 33.4 Å². The maximum Gasteiger partial charge on any atom is 0.243 e. The number of hydrogen-bond acceptors (Lipinski definition) is 4. The van der Waals surface area contributed by atoms with Gasteiger partial charge in [0.2, 0.25) is 11.9 Å². The summed E-state index contributed by atoms with van der Waals surface area (Å²) in [5.74, 6) is 0.0523. The van der Waals surface area contributed by atoms with E-state index in [-0.39, 0.29) is 5.92 Å². The third-order valence-electron chi connectivity index (χ3n) is 2.55. The van der Waals surface area contributed by atoms with Gasteiger partial charge in [-0.15, -0.1) is 5.10 Å². The van der Waals surface area contributed by atoms with Gasteiger partial charge >= 0.3 is 0 Å². The van der Waals surface area contributed by atoms with Crippen molar-refractivity contribution in [3.63, 3.8) is 0 Å². The molecular formula is C11H14BrN5O. The molecule has 2 aromatic rings. The largest absolute Gasteiger partial charge is 0.368 e. The molecule has 0 radical (unpaired) electrons. The predicted molar refractivity (Wildman–Crippen MR) is 72.1 cm³/mol. The van der Waals surface area contributed by atoms with Crippen LogP contribution in [0, 0.1) is 5.92 Å². The molecule has 7 heteroatoms. The lowest BCUT2D eigenvalue weighted by molar-refractivity contribution is -0.119. The van der Waals surface area contributed by atoms with Gasteiger partial charge in [-0.2, -0.15) is 4.98 Å². The number of primary amides is 1. The molecule has 0 bridgehead atoms. The Hall–Kier alpha value is -1.63. The number of aromatic nitrogens is 3. The molecule has 6 nitrogen and oxygen atoms in total. The number of nitrogens with zero attached hydrogens (tertiary/aromatic N) is 3. The first-order valence-electron chi connectivity index (χ1n) is 5.55. The number of fused-ring (bicyclic) bond motifs is 1. The van der Waals surface area contributed by atoms with Gasteiger partial charge in [-0.1, -0.05) is 13.8 Å². The van der Waals surface area contributed by atoms with Gasteiger partial charge in [-0.3, -0.25) is 4.79 Å². The lowest BCUT2D eigenvalue weighted by Gasteiger charge is -2.17. The van der Waals surface area contributed by atoms with Crippen molar-refractivity contribution in [1.29, 1.82) is 0 Å². The molecule has 2 aromatic heterocycles. The van der Waals surface area contributed by atoms with Gasteiger partial charge in [0.05, 0.1) is 0 Å². The van der Waals surface area contributed by atoms with Gasteiger partial charge < -0.3 is 11.1 Å². The third-order valence-corrected chi connectivity index (χ3v) is 3.02. The standard InChI is InChI=1S/C11H14BrN5O/c1-6(2)9(10(13)18)15-11-14-8-4-3-7(12)5-17(8)16-11/h3-6,9H,1-2H3,(H2,13,18)(H,15,16). The second-order valence-electron chi connectivity index (χ2n) is 4.35. The van der Waals surface area contributed by atoms with Crippen LogP contribution in [0.5, 0.6) is 0 Å². The van der Waals surface area contributed by atoms with Crippen molar-refractivity contribution in [3.8, 4) is 0 Å². The molecule has 2 heterocycles. The Bertz CT molecular complexity index is 580. The predicted octanol–water partition coefficient (Wildman–Crippen LogP) is 1.41. The zero-order valence-electron chi connectivity index (χ0n) is 10.1. The fourth-order valence-electron chi connectivity index (χ4n) is 1.62. The van der Waals surface area contributed by atoms with Gasteiger partial charge in [0.25, 0.3) is 0 Å². The van der Waals surface area contributed by atoms with Gasteiger partial charge in [-0.05, 0) is 34.0 Å². The molecule has 0 saturated carbocycles. The summed E-state index contributed by atoms with van der Waals surface area (Å²) in [5.41, 5.74) is 6.03. The van der Waals surface area contributed by atoms with Crippen LogP contribution >= 0.6 is 15.9 Å². The lowest BCUT2D eigenvalue weighted by Crippen LogP contribution is -2.39. The van der Waals surface area contributed by atoms with Crippen LogP contribution in [0.1, 0.15) is 13.8 Å². The summed E-state index contributed by atoms with van der Waals surface area (Å²) >= 11 is 3.36. The summed E-state index contributed by atoms with van der Waals surface area (Å²) in [6.45, 7) is 3.82. The Morgan fingerprint density at radius 3 is 2.83 bits per heavy atom. The fourth-order valence-corrected chi connectivity index (χ4v) is 1.95. The lowest BCUT2D eigenvalue weighted by atomic mass is 10.0. The first-order valence-corrected chi connectivity index (χ1v) is 6.34. The number of carbonyl (C=O) groups is 1. The molecule has 0 spiro atoms. The second-order valence-corrected chi connectivity index (χ2v) is 5.27. The Kier molecular flexibility index (Phi) is 3.51. The normalized spacial score (nSPS) is 12.9. The molecule has 1 amide bonds. The van der Waals surface area contributed by atoms with Gasteiger partial charge in [-0.25, -0.2) is 4.52 Å². The number of anilines is 1. The van der Waals surface area contributed by atoms with Crippen LogP contribution in [0.15, 0.2) is 22.8 Å². The molecule has 1 unspecified atom stereocenters. The molecule has 0 aliphatic carbocycles. The van der Waals surface area contributed by atoms with E-state index in [1.165, 1.54) is 0 Å². The van der Waals surface area contributed by atoms with Crippen LogP contribution in [-0.4, -0.2) is 26.5 Å². The molecule has 96 valence electrons. The maximum atomic E-state index is 11.3. The molecule has 0 aromatic carbocycles. The van der Waals surface area contributed by atoms with E-state index in [1.807, 2.05) is 26.0 Å². The molecule has 3 N–H and O–H groups in total. The highest BCUT2D eigenvalue weighted by Gasteiger charge is 2.20. The number of carbonyl (C=O) groups excluding carboxylic acids is 1. The number of hydrogen-bond donors (Lipinski definition) is 2. The zero-order valence-corrected chi connectivity index (χ0v) is 11.7. The van der Waals surface area contributed by atoms with Crippen LogP contribution in [-0.2, 0) is 4.79 Å². The van der Waals surface area contributed by atoms with Crippen LogP contribution in [0.4, 0.5) is 5.95 Å². The SMILES string of the molecule is CC(C)C(Nc1nc2ccc(Br)cn2n1)C(N)=O. The van der Waals surface area contributed by atoms with Crippen molar-refractivity contribution < 1.29 is 4.79 Å². The minimum atomic E-state index is -0.481. The molecule has 2 rings (SSSR count). The molecule has 0 aliphatic heterocycles. The summed E-state index contributed by atoms with van der Waals surface area (Å²) in [7, 11) is 0. The van der Waals surface area contributed by atoms with Crippen LogP contribution in [0.3, 0.4) is 0 Å². The minimum absolute atomic E-state index is 0.0702. The Balaban J connectivity index is 2.28. The van der Waals surface area contributed by atoms with Crippen molar-refractivity contribution in [3.05, 3.63) is 22.8 Å². The number of nitrogens with two attached hydrogens (primary N) is 1. The topological polar surface area (TPSA) is 85.3 Å². The van der Waals surface area contributed by atoms with E-state index >= 15 is 0 Å². The smallest absolute Gasteiger partial charge is 0.243 e. The molecule has 0 fully saturated rings. The summed E-state index contributed by atoms with van der Waals surface area (Å²) in [6, 6.07) is 3.23.